The highest BCUT2D eigenvalue weighted by atomic mass is 14.6. The third kappa shape index (κ3) is 2.17. The van der Waals surface area contributed by atoms with Crippen molar-refractivity contribution < 1.29 is 0 Å². The molecule has 4 unspecified atom stereocenters. The molecular formula is C31H30. The van der Waals surface area contributed by atoms with Crippen LogP contribution >= 0.6 is 0 Å². The lowest BCUT2D eigenvalue weighted by Crippen LogP contribution is -2.19. The summed E-state index contributed by atoms with van der Waals surface area (Å²) in [7, 11) is 0. The molecule has 0 nitrogen and oxygen atoms in total. The maximum Gasteiger partial charge on any atom is -0.00118 e. The lowest BCUT2D eigenvalue weighted by molar-refractivity contribution is 0.437. The van der Waals surface area contributed by atoms with Gasteiger partial charge in [0.05, 0.1) is 0 Å². The topological polar surface area (TPSA) is 0 Å². The van der Waals surface area contributed by atoms with E-state index in [1.165, 1.54) is 44.9 Å². The first-order valence-corrected chi connectivity index (χ1v) is 12.7. The highest BCUT2D eigenvalue weighted by Crippen LogP contribution is 2.68. The summed E-state index contributed by atoms with van der Waals surface area (Å²) in [6.45, 7) is 0. The van der Waals surface area contributed by atoms with Crippen molar-refractivity contribution >= 4 is 0 Å². The van der Waals surface area contributed by atoms with Crippen LogP contribution in [0.25, 0.3) is 11.1 Å². The Bertz CT molecular complexity index is 1220. The van der Waals surface area contributed by atoms with Gasteiger partial charge in [-0.2, -0.15) is 0 Å². The Morgan fingerprint density at radius 2 is 1.29 bits per heavy atom. The van der Waals surface area contributed by atoms with Gasteiger partial charge in [-0.1, -0.05) is 73.9 Å². The fourth-order valence-electron chi connectivity index (χ4n) is 8.78. The van der Waals surface area contributed by atoms with Gasteiger partial charge in [0.1, 0.15) is 0 Å². The van der Waals surface area contributed by atoms with Gasteiger partial charge < -0.3 is 0 Å². The Balaban J connectivity index is 1.40. The molecule has 0 aromatic heterocycles. The Morgan fingerprint density at radius 1 is 0.613 bits per heavy atom. The van der Waals surface area contributed by atoms with Gasteiger partial charge in [-0.3, -0.25) is 0 Å². The summed E-state index contributed by atoms with van der Waals surface area (Å²) < 4.78 is 0. The fourth-order valence-corrected chi connectivity index (χ4v) is 8.78. The second-order valence-corrected chi connectivity index (χ2v) is 11.0. The molecule has 0 heteroatoms. The Morgan fingerprint density at radius 3 is 2.10 bits per heavy atom. The van der Waals surface area contributed by atoms with E-state index < -0.39 is 0 Å². The minimum atomic E-state index is 0.707. The van der Waals surface area contributed by atoms with Crippen molar-refractivity contribution in [3.05, 3.63) is 93.5 Å². The largest absolute Gasteiger partial charge is 0.0617 e. The van der Waals surface area contributed by atoms with Gasteiger partial charge in [0, 0.05) is 0 Å². The Hall–Kier alpha value is -2.34. The molecular weight excluding hydrogens is 372 g/mol. The van der Waals surface area contributed by atoms with Crippen molar-refractivity contribution in [2.24, 2.45) is 5.92 Å². The first kappa shape index (κ1) is 17.2. The molecule has 0 spiro atoms. The summed E-state index contributed by atoms with van der Waals surface area (Å²) in [6, 6.07) is 21.8. The zero-order chi connectivity index (χ0) is 20.1. The number of fused-ring (bicyclic) bond motifs is 3. The van der Waals surface area contributed by atoms with E-state index in [9.17, 15) is 0 Å². The van der Waals surface area contributed by atoms with Crippen LogP contribution in [0.1, 0.15) is 101 Å². The van der Waals surface area contributed by atoms with Crippen LogP contribution in [0.15, 0.2) is 54.6 Å². The van der Waals surface area contributed by atoms with E-state index in [2.05, 4.69) is 54.6 Å². The summed E-state index contributed by atoms with van der Waals surface area (Å²) >= 11 is 0. The van der Waals surface area contributed by atoms with Crippen molar-refractivity contribution in [3.8, 4) is 11.1 Å². The van der Waals surface area contributed by atoms with Gasteiger partial charge in [-0.05, 0) is 112 Å². The summed E-state index contributed by atoms with van der Waals surface area (Å²) in [5.41, 5.74) is 15.1. The second-order valence-electron chi connectivity index (χ2n) is 11.0. The van der Waals surface area contributed by atoms with E-state index in [0.717, 1.165) is 30.1 Å². The Labute approximate surface area is 185 Å². The molecule has 5 aliphatic carbocycles. The van der Waals surface area contributed by atoms with Crippen LogP contribution < -0.4 is 0 Å². The molecule has 31 heavy (non-hydrogen) atoms. The highest BCUT2D eigenvalue weighted by Gasteiger charge is 2.54. The molecule has 0 bridgehead atoms. The van der Waals surface area contributed by atoms with Gasteiger partial charge in [0.15, 0.2) is 0 Å². The van der Waals surface area contributed by atoms with E-state index >= 15 is 0 Å². The monoisotopic (exact) mass is 402 g/mol. The third-order valence-electron chi connectivity index (χ3n) is 9.74. The third-order valence-corrected chi connectivity index (χ3v) is 9.74. The molecule has 8 rings (SSSR count). The minimum absolute atomic E-state index is 0.707. The fraction of sp³-hybridized carbons (Fsp3) is 0.419. The van der Waals surface area contributed by atoms with Crippen LogP contribution in [0, 0.1) is 5.92 Å². The van der Waals surface area contributed by atoms with E-state index in [0.29, 0.717) is 5.92 Å². The van der Waals surface area contributed by atoms with Crippen LogP contribution in [0.5, 0.6) is 0 Å². The lowest BCUT2D eigenvalue weighted by atomic mass is 9.68. The first-order valence-electron chi connectivity index (χ1n) is 12.7. The SMILES string of the molecule is c1cc2c3c(c1)-c1cccc4c1C1C(CC(C2)C31)c1c(cccc1C1CCCCC1)C4. The van der Waals surface area contributed by atoms with Gasteiger partial charge >= 0.3 is 0 Å². The maximum atomic E-state index is 2.53. The second kappa shape index (κ2) is 6.12. The van der Waals surface area contributed by atoms with Crippen molar-refractivity contribution in [3.63, 3.8) is 0 Å². The van der Waals surface area contributed by atoms with Crippen molar-refractivity contribution in [2.45, 2.75) is 75.0 Å². The summed E-state index contributed by atoms with van der Waals surface area (Å²) in [4.78, 5) is 0. The number of hydrogen-bond donors (Lipinski definition) is 0. The number of rotatable bonds is 1. The van der Waals surface area contributed by atoms with E-state index in [1.54, 1.807) is 50.1 Å². The molecule has 4 atom stereocenters. The molecule has 0 aliphatic heterocycles. The molecule has 5 aliphatic rings. The zero-order valence-corrected chi connectivity index (χ0v) is 18.2. The molecule has 0 saturated heterocycles. The van der Waals surface area contributed by atoms with E-state index in [1.807, 2.05) is 0 Å². The summed E-state index contributed by atoms with van der Waals surface area (Å²) in [5.74, 6) is 3.84. The first-order chi connectivity index (χ1) is 15.4. The molecule has 2 saturated carbocycles. The van der Waals surface area contributed by atoms with Crippen LogP contribution in [0.2, 0.25) is 0 Å². The molecule has 0 N–H and O–H groups in total. The van der Waals surface area contributed by atoms with E-state index in [-0.39, 0.29) is 0 Å². The molecule has 0 radical (unpaired) electrons. The Kier molecular flexibility index (Phi) is 3.41. The van der Waals surface area contributed by atoms with Gasteiger partial charge in [-0.25, -0.2) is 0 Å². The van der Waals surface area contributed by atoms with Crippen LogP contribution in [0.3, 0.4) is 0 Å². The number of benzene rings is 3. The highest BCUT2D eigenvalue weighted by molar-refractivity contribution is 5.80. The molecule has 3 aromatic carbocycles. The molecule has 154 valence electrons. The van der Waals surface area contributed by atoms with Crippen molar-refractivity contribution in [1.82, 2.24) is 0 Å². The lowest BCUT2D eigenvalue weighted by Gasteiger charge is -2.35. The van der Waals surface area contributed by atoms with Crippen LogP contribution in [0.4, 0.5) is 0 Å². The summed E-state index contributed by atoms with van der Waals surface area (Å²) in [5, 5.41) is 0. The predicted molar refractivity (Wildman–Crippen MR) is 127 cm³/mol. The van der Waals surface area contributed by atoms with Crippen LogP contribution in [-0.4, -0.2) is 0 Å². The standard InChI is InChI=1S/C31H30/c1-2-7-18(8-3-1)23-12-4-9-19-15-20-10-5-14-25-24-13-6-11-21-16-22-17-26(27(19)23)31(29(20)25)30(22)28(21)24/h4-6,9-14,18,22,26,30-31H,1-3,7-8,15-17H2. The van der Waals surface area contributed by atoms with Gasteiger partial charge in [-0.15, -0.1) is 0 Å². The predicted octanol–water partition coefficient (Wildman–Crippen LogP) is 7.85. The minimum Gasteiger partial charge on any atom is -0.0617 e. The summed E-state index contributed by atoms with van der Waals surface area (Å²) in [6.07, 6.45) is 11.0. The van der Waals surface area contributed by atoms with Crippen LogP contribution in [-0.2, 0) is 12.8 Å². The molecule has 0 heterocycles. The van der Waals surface area contributed by atoms with Gasteiger partial charge in [0.25, 0.3) is 0 Å². The quantitative estimate of drug-likeness (QED) is 0.389. The number of hydrogen-bond acceptors (Lipinski definition) is 0. The average molecular weight is 403 g/mol. The van der Waals surface area contributed by atoms with Crippen molar-refractivity contribution in [1.29, 1.82) is 0 Å². The normalized spacial score (nSPS) is 29.4. The molecule has 3 aromatic rings. The van der Waals surface area contributed by atoms with Gasteiger partial charge in [0.2, 0.25) is 0 Å². The smallest absolute Gasteiger partial charge is 0.00118 e. The molecule has 0 amide bonds. The zero-order valence-electron chi connectivity index (χ0n) is 18.2. The maximum absolute atomic E-state index is 2.53. The van der Waals surface area contributed by atoms with Crippen molar-refractivity contribution in [2.75, 3.05) is 0 Å². The average Bonchev–Trinajstić information content (AvgIpc) is 3.32. The van der Waals surface area contributed by atoms with E-state index in [4.69, 9.17) is 0 Å². The molecule has 2 fully saturated rings.